The summed E-state index contributed by atoms with van der Waals surface area (Å²) in [6.45, 7) is 2.46. The van der Waals surface area contributed by atoms with Crippen LogP contribution in [-0.4, -0.2) is 22.4 Å². The monoisotopic (exact) mass is 370 g/mol. The number of para-hydroxylation sites is 1. The van der Waals surface area contributed by atoms with E-state index in [1.54, 1.807) is 12.1 Å². The van der Waals surface area contributed by atoms with Crippen molar-refractivity contribution in [2.75, 3.05) is 11.9 Å². The summed E-state index contributed by atoms with van der Waals surface area (Å²) in [5, 5.41) is 6.60. The van der Waals surface area contributed by atoms with E-state index in [1.807, 2.05) is 25.1 Å². The largest absolute Gasteiger partial charge is 0.350 e. The van der Waals surface area contributed by atoms with E-state index in [9.17, 15) is 4.79 Å². The maximum atomic E-state index is 12.4. The lowest BCUT2D eigenvalue weighted by Crippen LogP contribution is -2.26. The van der Waals surface area contributed by atoms with Crippen LogP contribution in [0.5, 0.6) is 0 Å². The SMILES string of the molecule is Cc1cc(C(=O)NCCC2=CCCCC2)nc(Nc2ccccc2Cl)n1. The summed E-state index contributed by atoms with van der Waals surface area (Å²) in [6, 6.07) is 9.04. The smallest absolute Gasteiger partial charge is 0.270 e. The van der Waals surface area contributed by atoms with Gasteiger partial charge in [0.05, 0.1) is 10.7 Å². The zero-order valence-corrected chi connectivity index (χ0v) is 15.6. The van der Waals surface area contributed by atoms with Crippen LogP contribution in [0.15, 0.2) is 42.0 Å². The minimum absolute atomic E-state index is 0.186. The molecule has 26 heavy (non-hydrogen) atoms. The van der Waals surface area contributed by atoms with Crippen molar-refractivity contribution in [2.45, 2.75) is 39.0 Å². The summed E-state index contributed by atoms with van der Waals surface area (Å²) >= 11 is 6.16. The van der Waals surface area contributed by atoms with E-state index in [2.05, 4.69) is 26.7 Å². The second-order valence-electron chi connectivity index (χ2n) is 6.44. The molecule has 2 aromatic rings. The van der Waals surface area contributed by atoms with Crippen molar-refractivity contribution in [1.82, 2.24) is 15.3 Å². The lowest BCUT2D eigenvalue weighted by Gasteiger charge is -2.13. The Morgan fingerprint density at radius 3 is 2.85 bits per heavy atom. The van der Waals surface area contributed by atoms with Gasteiger partial charge in [0.25, 0.3) is 5.91 Å². The number of hydrogen-bond donors (Lipinski definition) is 2. The van der Waals surface area contributed by atoms with Gasteiger partial charge in [0.1, 0.15) is 5.69 Å². The summed E-state index contributed by atoms with van der Waals surface area (Å²) in [5.41, 5.74) is 3.21. The summed E-state index contributed by atoms with van der Waals surface area (Å²) in [4.78, 5) is 21.1. The fourth-order valence-electron chi connectivity index (χ4n) is 2.98. The number of anilines is 2. The molecular formula is C20H23ClN4O. The van der Waals surface area contributed by atoms with E-state index < -0.39 is 0 Å². The Balaban J connectivity index is 1.63. The van der Waals surface area contributed by atoms with Gasteiger partial charge in [-0.25, -0.2) is 9.97 Å². The van der Waals surface area contributed by atoms with E-state index in [0.29, 0.717) is 28.9 Å². The number of allylic oxidation sites excluding steroid dienone is 1. The van der Waals surface area contributed by atoms with Crippen molar-refractivity contribution in [3.05, 3.63) is 58.4 Å². The van der Waals surface area contributed by atoms with Crippen LogP contribution in [0.2, 0.25) is 5.02 Å². The molecule has 3 rings (SSSR count). The van der Waals surface area contributed by atoms with Crippen molar-refractivity contribution < 1.29 is 4.79 Å². The van der Waals surface area contributed by atoms with Crippen LogP contribution in [0.3, 0.4) is 0 Å². The first-order valence-corrected chi connectivity index (χ1v) is 9.33. The first-order valence-electron chi connectivity index (χ1n) is 8.95. The molecule has 2 N–H and O–H groups in total. The lowest BCUT2D eigenvalue weighted by atomic mass is 9.97. The van der Waals surface area contributed by atoms with Gasteiger partial charge < -0.3 is 10.6 Å². The fourth-order valence-corrected chi connectivity index (χ4v) is 3.17. The highest BCUT2D eigenvalue weighted by molar-refractivity contribution is 6.33. The third-order valence-electron chi connectivity index (χ3n) is 4.32. The standard InChI is InChI=1S/C20H23ClN4O/c1-14-13-18(19(26)22-12-11-15-7-3-2-4-8-15)25-20(23-14)24-17-10-6-5-9-16(17)21/h5-7,9-10,13H,2-4,8,11-12H2,1H3,(H,22,26)(H,23,24,25). The fraction of sp³-hybridized carbons (Fsp3) is 0.350. The van der Waals surface area contributed by atoms with Gasteiger partial charge in [-0.05, 0) is 57.2 Å². The highest BCUT2D eigenvalue weighted by Gasteiger charge is 2.12. The molecule has 0 aliphatic heterocycles. The Labute approximate surface area is 158 Å². The highest BCUT2D eigenvalue weighted by atomic mass is 35.5. The molecule has 0 unspecified atom stereocenters. The quantitative estimate of drug-likeness (QED) is 0.716. The number of halogens is 1. The Morgan fingerprint density at radius 1 is 1.23 bits per heavy atom. The summed E-state index contributed by atoms with van der Waals surface area (Å²) in [6.07, 6.45) is 8.04. The number of hydrogen-bond acceptors (Lipinski definition) is 4. The topological polar surface area (TPSA) is 66.9 Å². The third-order valence-corrected chi connectivity index (χ3v) is 4.65. The zero-order valence-electron chi connectivity index (χ0n) is 14.9. The maximum Gasteiger partial charge on any atom is 0.270 e. The Bertz CT molecular complexity index is 819. The number of aromatic nitrogens is 2. The summed E-state index contributed by atoms with van der Waals surface area (Å²) in [5.74, 6) is 0.173. The van der Waals surface area contributed by atoms with E-state index in [0.717, 1.165) is 25.0 Å². The number of nitrogens with zero attached hydrogens (tertiary/aromatic N) is 2. The molecule has 1 aromatic carbocycles. The van der Waals surface area contributed by atoms with Crippen molar-refractivity contribution in [1.29, 1.82) is 0 Å². The van der Waals surface area contributed by atoms with Gasteiger partial charge in [-0.2, -0.15) is 0 Å². The number of aryl methyl sites for hydroxylation is 1. The molecule has 0 radical (unpaired) electrons. The molecule has 1 heterocycles. The van der Waals surface area contributed by atoms with Crippen LogP contribution >= 0.6 is 11.6 Å². The molecule has 1 aliphatic rings. The number of rotatable bonds is 6. The van der Waals surface area contributed by atoms with Gasteiger partial charge in [-0.3, -0.25) is 4.79 Å². The lowest BCUT2D eigenvalue weighted by molar-refractivity contribution is 0.0949. The van der Waals surface area contributed by atoms with Crippen LogP contribution in [-0.2, 0) is 0 Å². The average Bonchev–Trinajstić information content (AvgIpc) is 2.64. The molecule has 5 nitrogen and oxygen atoms in total. The van der Waals surface area contributed by atoms with E-state index in [4.69, 9.17) is 11.6 Å². The Kier molecular flexibility index (Phi) is 6.23. The minimum atomic E-state index is -0.186. The number of nitrogens with one attached hydrogen (secondary N) is 2. The molecular weight excluding hydrogens is 348 g/mol. The summed E-state index contributed by atoms with van der Waals surface area (Å²) in [7, 11) is 0. The van der Waals surface area contributed by atoms with E-state index in [-0.39, 0.29) is 5.91 Å². The van der Waals surface area contributed by atoms with Crippen LogP contribution in [0, 0.1) is 6.92 Å². The Hall–Kier alpha value is -2.40. The van der Waals surface area contributed by atoms with Crippen LogP contribution in [0.25, 0.3) is 0 Å². The Morgan fingerprint density at radius 2 is 2.08 bits per heavy atom. The predicted octanol–water partition coefficient (Wildman–Crippen LogP) is 4.80. The second kappa shape index (κ2) is 8.81. The normalized spacial score (nSPS) is 13.8. The molecule has 0 atom stereocenters. The second-order valence-corrected chi connectivity index (χ2v) is 6.84. The third kappa shape index (κ3) is 5.05. The van der Waals surface area contributed by atoms with Gasteiger partial charge in [-0.1, -0.05) is 35.4 Å². The molecule has 1 aromatic heterocycles. The van der Waals surface area contributed by atoms with E-state index in [1.165, 1.54) is 18.4 Å². The number of carbonyl (C=O) groups is 1. The van der Waals surface area contributed by atoms with Crippen molar-refractivity contribution in [3.63, 3.8) is 0 Å². The van der Waals surface area contributed by atoms with Crippen molar-refractivity contribution >= 4 is 29.1 Å². The predicted molar refractivity (Wildman–Crippen MR) is 105 cm³/mol. The van der Waals surface area contributed by atoms with Crippen molar-refractivity contribution in [3.8, 4) is 0 Å². The number of benzene rings is 1. The molecule has 0 bridgehead atoms. The molecule has 136 valence electrons. The zero-order chi connectivity index (χ0) is 18.4. The van der Waals surface area contributed by atoms with Gasteiger partial charge in [0.2, 0.25) is 5.95 Å². The first-order chi connectivity index (χ1) is 12.6. The van der Waals surface area contributed by atoms with Crippen molar-refractivity contribution in [2.24, 2.45) is 0 Å². The average molecular weight is 371 g/mol. The maximum absolute atomic E-state index is 12.4. The summed E-state index contributed by atoms with van der Waals surface area (Å²) < 4.78 is 0. The molecule has 0 saturated carbocycles. The molecule has 1 aliphatic carbocycles. The van der Waals surface area contributed by atoms with Gasteiger partial charge >= 0.3 is 0 Å². The van der Waals surface area contributed by atoms with Gasteiger partial charge in [-0.15, -0.1) is 0 Å². The molecule has 6 heteroatoms. The number of amides is 1. The van der Waals surface area contributed by atoms with Crippen LogP contribution in [0.4, 0.5) is 11.6 Å². The minimum Gasteiger partial charge on any atom is -0.350 e. The van der Waals surface area contributed by atoms with Crippen LogP contribution in [0.1, 0.15) is 48.3 Å². The number of carbonyl (C=O) groups excluding carboxylic acids is 1. The van der Waals surface area contributed by atoms with E-state index >= 15 is 0 Å². The highest BCUT2D eigenvalue weighted by Crippen LogP contribution is 2.23. The molecule has 0 saturated heterocycles. The van der Waals surface area contributed by atoms with Gasteiger partial charge in [0, 0.05) is 12.2 Å². The molecule has 0 spiro atoms. The first kappa shape index (κ1) is 18.4. The molecule has 1 amide bonds. The molecule has 0 fully saturated rings. The van der Waals surface area contributed by atoms with Crippen LogP contribution < -0.4 is 10.6 Å². The van der Waals surface area contributed by atoms with Gasteiger partial charge in [0.15, 0.2) is 0 Å².